The first-order valence-corrected chi connectivity index (χ1v) is 15.4. The van der Waals surface area contributed by atoms with Crippen molar-refractivity contribution in [3.05, 3.63) is 106 Å². The molecule has 2 saturated heterocycles. The normalized spacial score (nSPS) is 23.2. The van der Waals surface area contributed by atoms with Crippen LogP contribution in [-0.4, -0.2) is 29.6 Å². The number of phenolic OH excluding ortho intramolecular Hbond substituents is 1. The van der Waals surface area contributed by atoms with Crippen LogP contribution in [0.4, 0.5) is 36.4 Å². The van der Waals surface area contributed by atoms with Crippen LogP contribution < -0.4 is 4.90 Å². The Morgan fingerprint density at radius 3 is 2.19 bits per heavy atom. The van der Waals surface area contributed by atoms with E-state index in [4.69, 9.17) is 4.74 Å². The number of nitrogens with zero attached hydrogens (tertiary/aromatic N) is 1. The van der Waals surface area contributed by atoms with E-state index < -0.39 is 76.4 Å². The lowest BCUT2D eigenvalue weighted by molar-refractivity contribution is -0.143. The fourth-order valence-corrected chi connectivity index (χ4v) is 7.19. The van der Waals surface area contributed by atoms with Crippen LogP contribution in [0.3, 0.4) is 0 Å². The smallest absolute Gasteiger partial charge is 0.416 e. The first-order valence-electron chi connectivity index (χ1n) is 15.4. The number of allylic oxidation sites excluding steroid dienone is 2. The summed E-state index contributed by atoms with van der Waals surface area (Å²) in [6.45, 7) is 1.94. The fraction of sp³-hybridized carbons (Fsp3) is 0.333. The number of hydrogen-bond acceptors (Lipinski definition) is 4. The number of amides is 2. The highest BCUT2D eigenvalue weighted by Crippen LogP contribution is 2.52. The molecule has 0 aromatic heterocycles. The van der Waals surface area contributed by atoms with Gasteiger partial charge in [0.25, 0.3) is 0 Å². The third kappa shape index (κ3) is 6.25. The molecule has 6 rings (SSSR count). The molecule has 0 unspecified atom stereocenters. The van der Waals surface area contributed by atoms with E-state index in [1.165, 1.54) is 12.1 Å². The van der Waals surface area contributed by atoms with Gasteiger partial charge in [-0.3, -0.25) is 9.59 Å². The predicted molar refractivity (Wildman–Crippen MR) is 163 cm³/mol. The summed E-state index contributed by atoms with van der Waals surface area (Å²) in [7, 11) is 0. The number of benzene rings is 3. The van der Waals surface area contributed by atoms with E-state index in [1.807, 2.05) is 37.3 Å². The summed E-state index contributed by atoms with van der Waals surface area (Å²) in [5.41, 5.74) is -0.0251. The molecule has 0 saturated carbocycles. The van der Waals surface area contributed by atoms with Crippen LogP contribution in [0.2, 0.25) is 0 Å². The molecule has 0 spiro atoms. The van der Waals surface area contributed by atoms with Gasteiger partial charge in [0.05, 0.1) is 41.4 Å². The van der Waals surface area contributed by atoms with Crippen LogP contribution in [-0.2, 0) is 26.7 Å². The van der Waals surface area contributed by atoms with Crippen molar-refractivity contribution >= 4 is 29.2 Å². The molecule has 2 amide bonds. The van der Waals surface area contributed by atoms with Crippen LogP contribution in [0, 0.1) is 23.6 Å². The molecule has 48 heavy (non-hydrogen) atoms. The third-order valence-electron chi connectivity index (χ3n) is 9.40. The average Bonchev–Trinajstić information content (AvgIpc) is 3.57. The number of rotatable bonds is 7. The molecular formula is C36H30F7NO4. The number of fused-ring (bicyclic) bond motifs is 3. The van der Waals surface area contributed by atoms with Gasteiger partial charge in [-0.15, -0.1) is 0 Å². The number of anilines is 1. The lowest BCUT2D eigenvalue weighted by Crippen LogP contribution is -2.34. The van der Waals surface area contributed by atoms with Crippen molar-refractivity contribution in [1.29, 1.82) is 0 Å². The van der Waals surface area contributed by atoms with Gasteiger partial charge < -0.3 is 9.84 Å². The maximum absolute atomic E-state index is 14.1. The molecule has 0 radical (unpaired) electrons. The first kappa shape index (κ1) is 33.5. The minimum atomic E-state index is -5.14. The average molecular weight is 674 g/mol. The lowest BCUT2D eigenvalue weighted by atomic mass is 9.69. The van der Waals surface area contributed by atoms with E-state index in [0.29, 0.717) is 41.9 Å². The van der Waals surface area contributed by atoms with E-state index in [0.717, 1.165) is 22.3 Å². The monoisotopic (exact) mass is 673 g/mol. The Hall–Kier alpha value is -4.45. The number of alkyl halides is 6. The van der Waals surface area contributed by atoms with Crippen LogP contribution in [0.25, 0.3) is 11.6 Å². The quantitative estimate of drug-likeness (QED) is 0.118. The van der Waals surface area contributed by atoms with E-state index in [2.05, 4.69) is 0 Å². The highest BCUT2D eigenvalue weighted by atomic mass is 19.4. The highest BCUT2D eigenvalue weighted by molar-refractivity contribution is 6.22. The Morgan fingerprint density at radius 1 is 0.917 bits per heavy atom. The van der Waals surface area contributed by atoms with Gasteiger partial charge in [0, 0.05) is 5.92 Å². The minimum absolute atomic E-state index is 0.0395. The van der Waals surface area contributed by atoms with E-state index in [9.17, 15) is 45.4 Å². The van der Waals surface area contributed by atoms with E-state index in [-0.39, 0.29) is 19.1 Å². The number of halogens is 7. The fourth-order valence-electron chi connectivity index (χ4n) is 7.19. The Balaban J connectivity index is 1.29. The zero-order chi connectivity index (χ0) is 34.5. The van der Waals surface area contributed by atoms with Gasteiger partial charge in [-0.1, -0.05) is 55.0 Å². The summed E-state index contributed by atoms with van der Waals surface area (Å²) in [6, 6.07) is 14.2. The number of hydrogen-bond donors (Lipinski definition) is 1. The van der Waals surface area contributed by atoms with E-state index >= 15 is 0 Å². The molecule has 2 fully saturated rings. The van der Waals surface area contributed by atoms with Gasteiger partial charge >= 0.3 is 12.4 Å². The molecular weight excluding hydrogens is 643 g/mol. The number of ether oxygens (including phenoxy) is 1. The zero-order valence-electron chi connectivity index (χ0n) is 25.5. The molecule has 3 aliphatic rings. The largest absolute Gasteiger partial charge is 0.505 e. The number of aromatic hydroxyl groups is 1. The van der Waals surface area contributed by atoms with Gasteiger partial charge in [0.2, 0.25) is 11.8 Å². The van der Waals surface area contributed by atoms with Crippen LogP contribution >= 0.6 is 0 Å². The zero-order valence-corrected chi connectivity index (χ0v) is 25.5. The lowest BCUT2D eigenvalue weighted by Gasteiger charge is -2.31. The van der Waals surface area contributed by atoms with Crippen molar-refractivity contribution in [2.75, 3.05) is 11.5 Å². The maximum atomic E-state index is 14.1. The standard InChI is InChI=1S/C36H30F7NO4/c1-2-20-14-26-32(34(47)44(33(26)46)25-16-23(35(38,39)40)15-24(17-25)36(41,42)43)27-18-48-30(31(20)27)11-9-22(21-6-4-3-5-7-21)12-19-8-10-29(45)28(37)13-19/h3-8,10,12-13,15-17,26-27,30,32,45H,2,9,11,14,18H2,1H3/b22-12-/t26-,27+,30-,32-/m1/s1. The second-order valence-corrected chi connectivity index (χ2v) is 12.2. The summed E-state index contributed by atoms with van der Waals surface area (Å²) in [4.78, 5) is 27.9. The number of phenols is 1. The highest BCUT2D eigenvalue weighted by Gasteiger charge is 2.57. The molecule has 4 atom stereocenters. The number of carbonyl (C=O) groups is 2. The summed E-state index contributed by atoms with van der Waals surface area (Å²) >= 11 is 0. The Labute approximate surface area is 271 Å². The van der Waals surface area contributed by atoms with Gasteiger partial charge in [0.15, 0.2) is 11.6 Å². The summed E-state index contributed by atoms with van der Waals surface area (Å²) in [6.07, 6.45) is -7.40. The molecule has 252 valence electrons. The van der Waals surface area contributed by atoms with Gasteiger partial charge in [-0.2, -0.15) is 26.3 Å². The summed E-state index contributed by atoms with van der Waals surface area (Å²) in [5, 5.41) is 9.61. The third-order valence-corrected chi connectivity index (χ3v) is 9.40. The van der Waals surface area contributed by atoms with Crippen molar-refractivity contribution in [3.63, 3.8) is 0 Å². The number of imide groups is 1. The van der Waals surface area contributed by atoms with Crippen LogP contribution in [0.15, 0.2) is 77.9 Å². The second-order valence-electron chi connectivity index (χ2n) is 12.2. The predicted octanol–water partition coefficient (Wildman–Crippen LogP) is 8.82. The van der Waals surface area contributed by atoms with Crippen LogP contribution in [0.1, 0.15) is 54.9 Å². The molecule has 2 heterocycles. The minimum Gasteiger partial charge on any atom is -0.505 e. The van der Waals surface area contributed by atoms with Crippen molar-refractivity contribution in [1.82, 2.24) is 0 Å². The van der Waals surface area contributed by atoms with Crippen LogP contribution in [0.5, 0.6) is 5.75 Å². The van der Waals surface area contributed by atoms with Crippen molar-refractivity contribution in [3.8, 4) is 5.75 Å². The molecule has 2 aliphatic heterocycles. The maximum Gasteiger partial charge on any atom is 0.416 e. The summed E-state index contributed by atoms with van der Waals surface area (Å²) < 4.78 is 102. The molecule has 12 heteroatoms. The molecule has 5 nitrogen and oxygen atoms in total. The van der Waals surface area contributed by atoms with Crippen molar-refractivity contribution in [2.45, 2.75) is 51.1 Å². The van der Waals surface area contributed by atoms with Gasteiger partial charge in [0.1, 0.15) is 0 Å². The Bertz CT molecular complexity index is 1780. The topological polar surface area (TPSA) is 66.8 Å². The molecule has 1 N–H and O–H groups in total. The molecule has 3 aromatic rings. The van der Waals surface area contributed by atoms with E-state index in [1.54, 1.807) is 12.1 Å². The van der Waals surface area contributed by atoms with Gasteiger partial charge in [-0.05, 0) is 78.3 Å². The Kier molecular flexibility index (Phi) is 8.74. The SMILES string of the molecule is CCC1=C2[C@@H](CC/C(=C/c3ccc(O)c(F)c3)c3ccccc3)OC[C@@H]2[C@@H]2C(=O)N(c3cc(C(F)(F)F)cc(C(F)(F)F)c3)C(=O)[C@@H]2C1. The number of carbonyl (C=O) groups excluding carboxylic acids is 2. The molecule has 0 bridgehead atoms. The molecule has 1 aliphatic carbocycles. The first-order chi connectivity index (χ1) is 22.7. The Morgan fingerprint density at radius 2 is 1.58 bits per heavy atom. The second kappa shape index (κ2) is 12.5. The van der Waals surface area contributed by atoms with Gasteiger partial charge in [-0.25, -0.2) is 9.29 Å². The molecule has 3 aromatic carbocycles. The summed E-state index contributed by atoms with van der Waals surface area (Å²) in [5.74, 6) is -5.44. The van der Waals surface area contributed by atoms with Crippen molar-refractivity contribution in [2.24, 2.45) is 17.8 Å². The van der Waals surface area contributed by atoms with Crippen molar-refractivity contribution < 1.29 is 50.2 Å².